The summed E-state index contributed by atoms with van der Waals surface area (Å²) in [5.74, 6) is -7.59. The fraction of sp³-hybridized carbons (Fsp3) is 0.667. The number of rotatable bonds is 13. The van der Waals surface area contributed by atoms with Gasteiger partial charge in [0.1, 0.15) is 55.9 Å². The summed E-state index contributed by atoms with van der Waals surface area (Å²) < 4.78 is 50.2. The van der Waals surface area contributed by atoms with Gasteiger partial charge in [0.2, 0.25) is 12.6 Å². The van der Waals surface area contributed by atoms with E-state index in [1.54, 1.807) is 0 Å². The van der Waals surface area contributed by atoms with Gasteiger partial charge in [-0.2, -0.15) is 0 Å². The van der Waals surface area contributed by atoms with Crippen molar-refractivity contribution in [2.24, 2.45) is 23.7 Å². The van der Waals surface area contributed by atoms with E-state index in [1.807, 2.05) is 0 Å². The number of aliphatic hydroxyl groups is 9. The van der Waals surface area contributed by atoms with E-state index < -0.39 is 164 Å². The monoisotopic (exact) mass is 910 g/mol. The molecular weight excluding hydrogens is 865 g/mol. The van der Waals surface area contributed by atoms with E-state index in [-0.39, 0.29) is 16.7 Å². The highest BCUT2D eigenvalue weighted by Gasteiger charge is 2.56. The summed E-state index contributed by atoms with van der Waals surface area (Å²) in [5, 5.41) is 104. The van der Waals surface area contributed by atoms with E-state index in [9.17, 15) is 70.2 Å². The number of carbonyl (C=O) groups excluding carboxylic acids is 3. The van der Waals surface area contributed by atoms with Crippen molar-refractivity contribution >= 4 is 46.1 Å². The standard InChI is InChI=1S/C36H46O23S2/c1-60-35(49)53-7-11-3-15(39)21-13(29(46)47)9-51-31(19(11)21)59-34-27(45)28(24(42)18(6-38)56-34)57-30(48)14-10-52-32(58-33-26(44)25(43)23(41)17(5-37)55-33)20-12(4-16(40)22(14)20)8-54-36(50)61-2/h3-4,9-10,15-28,31-34,37-45H,5-8H2,1-2H3,(H,46,47)/t15-,16-,17+,18+,19+,20+,21-,22-,23+,24+,25-,26+,27+,28-,31-,32-,33-,34-/m0/s1. The molecule has 0 radical (unpaired) electrons. The number of aliphatic carboxylic acids is 1. The molecule has 10 N–H and O–H groups in total. The van der Waals surface area contributed by atoms with E-state index in [0.717, 1.165) is 36.0 Å². The molecule has 4 aliphatic heterocycles. The Bertz CT molecular complexity index is 1770. The Balaban J connectivity index is 1.23. The number of hydrogen-bond acceptors (Lipinski definition) is 24. The average Bonchev–Trinajstić information content (AvgIpc) is 3.77. The largest absolute Gasteiger partial charge is 0.478 e. The van der Waals surface area contributed by atoms with Crippen molar-refractivity contribution < 1.29 is 113 Å². The van der Waals surface area contributed by atoms with Crippen molar-refractivity contribution in [3.63, 3.8) is 0 Å². The van der Waals surface area contributed by atoms with Gasteiger partial charge in [-0.05, 0) is 47.2 Å². The summed E-state index contributed by atoms with van der Waals surface area (Å²) in [6, 6.07) is 0. The van der Waals surface area contributed by atoms with Gasteiger partial charge in [-0.25, -0.2) is 19.2 Å². The smallest absolute Gasteiger partial charge is 0.367 e. The minimum Gasteiger partial charge on any atom is -0.478 e. The van der Waals surface area contributed by atoms with Gasteiger partial charge in [-0.1, -0.05) is 12.2 Å². The van der Waals surface area contributed by atoms with Crippen molar-refractivity contribution in [3.8, 4) is 0 Å². The molecule has 0 amide bonds. The van der Waals surface area contributed by atoms with Crippen LogP contribution >= 0.6 is 23.5 Å². The number of esters is 1. The molecule has 61 heavy (non-hydrogen) atoms. The van der Waals surface area contributed by atoms with E-state index in [4.69, 9.17) is 42.6 Å². The van der Waals surface area contributed by atoms with Gasteiger partial charge in [0.05, 0.1) is 60.9 Å². The van der Waals surface area contributed by atoms with Crippen LogP contribution in [-0.4, -0.2) is 199 Å². The predicted molar refractivity (Wildman–Crippen MR) is 199 cm³/mol. The van der Waals surface area contributed by atoms with Crippen molar-refractivity contribution in [2.45, 2.75) is 86.2 Å². The van der Waals surface area contributed by atoms with Gasteiger partial charge in [-0.3, -0.25) is 0 Å². The molecule has 0 aromatic heterocycles. The molecule has 0 bridgehead atoms. The Morgan fingerprint density at radius 1 is 0.607 bits per heavy atom. The van der Waals surface area contributed by atoms with Crippen LogP contribution in [0.25, 0.3) is 0 Å². The van der Waals surface area contributed by atoms with Crippen LogP contribution in [0.3, 0.4) is 0 Å². The maximum absolute atomic E-state index is 14.0. The summed E-state index contributed by atoms with van der Waals surface area (Å²) in [6.45, 7) is -2.55. The molecule has 0 aromatic rings. The van der Waals surface area contributed by atoms with Crippen LogP contribution in [0.1, 0.15) is 0 Å². The minimum absolute atomic E-state index is 0.160. The van der Waals surface area contributed by atoms with Crippen molar-refractivity contribution in [1.82, 2.24) is 0 Å². The predicted octanol–water partition coefficient (Wildman–Crippen LogP) is -3.20. The lowest BCUT2D eigenvalue weighted by Gasteiger charge is -2.44. The fourth-order valence-corrected chi connectivity index (χ4v) is 8.40. The zero-order valence-corrected chi connectivity index (χ0v) is 33.8. The SMILES string of the molecule is CSC(=O)OCC1=C[C@H](O)[C@@H]2C(C(=O)O)=CO[C@@H](O[C@@H]3O[C@H](CO)[C@@H](O)[C@H](OC(=O)C4=CO[C@@H](O[C@@H]5O[C@H](CO)[C@@H](O)[C@H](O)[C@H]5O)[C@@H]5C(COC(=O)SC)=C[C@H](O)[C@H]45)[C@H]3O)[C@H]12. The maximum atomic E-state index is 14.0. The molecule has 18 atom stereocenters. The van der Waals surface area contributed by atoms with Gasteiger partial charge < -0.3 is 93.7 Å². The number of carbonyl (C=O) groups is 4. The quantitative estimate of drug-likeness (QED) is 0.0494. The first-order valence-electron chi connectivity index (χ1n) is 18.6. The normalized spacial score (nSPS) is 40.4. The molecule has 0 unspecified atom stereocenters. The van der Waals surface area contributed by atoms with Crippen molar-refractivity contribution in [2.75, 3.05) is 38.9 Å². The Morgan fingerprint density at radius 2 is 1.07 bits per heavy atom. The van der Waals surface area contributed by atoms with Crippen molar-refractivity contribution in [3.05, 3.63) is 47.0 Å². The first kappa shape index (κ1) is 47.1. The molecule has 6 aliphatic rings. The lowest BCUT2D eigenvalue weighted by Crippen LogP contribution is -2.62. The number of carboxylic acids is 1. The zero-order chi connectivity index (χ0) is 44.4. The first-order chi connectivity index (χ1) is 29.0. The summed E-state index contributed by atoms with van der Waals surface area (Å²) >= 11 is 1.50. The van der Waals surface area contributed by atoms with Gasteiger partial charge >= 0.3 is 22.5 Å². The molecule has 0 spiro atoms. The van der Waals surface area contributed by atoms with Crippen LogP contribution in [0.2, 0.25) is 0 Å². The Labute approximate surface area is 354 Å². The van der Waals surface area contributed by atoms with E-state index in [0.29, 0.717) is 0 Å². The average molecular weight is 911 g/mol. The molecule has 0 aromatic carbocycles. The molecule has 23 nitrogen and oxygen atoms in total. The third-order valence-corrected chi connectivity index (χ3v) is 12.0. The van der Waals surface area contributed by atoms with E-state index in [2.05, 4.69) is 0 Å². The third-order valence-electron chi connectivity index (χ3n) is 11.1. The Kier molecular flexibility index (Phi) is 15.4. The molecule has 340 valence electrons. The third kappa shape index (κ3) is 9.60. The number of aliphatic hydroxyl groups excluding tert-OH is 9. The highest BCUT2D eigenvalue weighted by molar-refractivity contribution is 8.12. The van der Waals surface area contributed by atoms with Crippen LogP contribution in [0.4, 0.5) is 9.59 Å². The lowest BCUT2D eigenvalue weighted by molar-refractivity contribution is -0.341. The molecule has 4 heterocycles. The summed E-state index contributed by atoms with van der Waals surface area (Å²) in [6.07, 6.45) is -16.9. The van der Waals surface area contributed by atoms with Gasteiger partial charge in [-0.15, -0.1) is 0 Å². The number of fused-ring (bicyclic) bond motifs is 2. The second kappa shape index (κ2) is 20.0. The van der Waals surface area contributed by atoms with Crippen LogP contribution in [0.5, 0.6) is 0 Å². The van der Waals surface area contributed by atoms with Crippen LogP contribution in [-0.2, 0) is 52.2 Å². The fourth-order valence-electron chi connectivity index (χ4n) is 8.05. The Hall–Kier alpha value is -3.38. The molecule has 6 rings (SSSR count). The van der Waals surface area contributed by atoms with Crippen LogP contribution < -0.4 is 0 Å². The maximum Gasteiger partial charge on any atom is 0.367 e. The summed E-state index contributed by atoms with van der Waals surface area (Å²) in [5.41, 5.74) is -0.400. The van der Waals surface area contributed by atoms with Gasteiger partial charge in [0.15, 0.2) is 18.7 Å². The van der Waals surface area contributed by atoms with Crippen LogP contribution in [0.15, 0.2) is 47.0 Å². The zero-order valence-electron chi connectivity index (χ0n) is 32.1. The molecule has 2 aliphatic carbocycles. The highest BCUT2D eigenvalue weighted by atomic mass is 32.2. The first-order valence-corrected chi connectivity index (χ1v) is 21.1. The number of carboxylic acid groups (broad SMARTS) is 1. The number of thioether (sulfide) groups is 2. The highest BCUT2D eigenvalue weighted by Crippen LogP contribution is 2.47. The van der Waals surface area contributed by atoms with Gasteiger partial charge in [0, 0.05) is 11.8 Å². The second-order valence-electron chi connectivity index (χ2n) is 14.6. The number of hydrogen-bond donors (Lipinski definition) is 10. The van der Waals surface area contributed by atoms with E-state index >= 15 is 0 Å². The molecule has 2 saturated heterocycles. The lowest BCUT2D eigenvalue weighted by atomic mass is 9.82. The van der Waals surface area contributed by atoms with E-state index in [1.165, 1.54) is 24.7 Å². The minimum atomic E-state index is -2.07. The van der Waals surface area contributed by atoms with Crippen LogP contribution in [0, 0.1) is 23.7 Å². The molecule has 2 fully saturated rings. The second-order valence-corrected chi connectivity index (χ2v) is 16.0. The van der Waals surface area contributed by atoms with Crippen molar-refractivity contribution in [1.29, 1.82) is 0 Å². The topological polar surface area (TPSA) is 354 Å². The summed E-state index contributed by atoms with van der Waals surface area (Å²) in [7, 11) is 0. The summed E-state index contributed by atoms with van der Waals surface area (Å²) in [4.78, 5) is 50.1. The molecule has 0 saturated carbocycles. The molecule has 25 heteroatoms. The number of ether oxygens (including phenoxy) is 9. The molecular formula is C36H46O23S2. The Morgan fingerprint density at radius 3 is 1.54 bits per heavy atom. The van der Waals surface area contributed by atoms with Gasteiger partial charge in [0.25, 0.3) is 0 Å².